The summed E-state index contributed by atoms with van der Waals surface area (Å²) in [6, 6.07) is 16.1. The van der Waals surface area contributed by atoms with Crippen LogP contribution in [0.1, 0.15) is 0 Å². The van der Waals surface area contributed by atoms with Crippen LogP contribution in [-0.4, -0.2) is 37.2 Å². The molecule has 33 heavy (non-hydrogen) atoms. The van der Waals surface area contributed by atoms with Crippen LogP contribution in [0.4, 0.5) is 4.39 Å². The highest BCUT2D eigenvalue weighted by Crippen LogP contribution is 2.33. The molecule has 1 aromatic carbocycles. The standard InChI is InChI=1S/C25H17FN6O/c1-33-17-10-15(12-27-13-17)20-6-7-21-23(29-20)24(32-31-21)22-11-19-18(8-9-28-25(19)30-22)14-2-4-16(26)5-3-14/h2-13H,1H3,(H,28,30)(H,31,32). The van der Waals surface area contributed by atoms with Crippen molar-refractivity contribution in [1.29, 1.82) is 0 Å². The molecule has 0 spiro atoms. The van der Waals surface area contributed by atoms with Crippen molar-refractivity contribution in [3.05, 3.63) is 79.0 Å². The molecule has 6 rings (SSSR count). The first-order valence-corrected chi connectivity index (χ1v) is 10.3. The van der Waals surface area contributed by atoms with Crippen molar-refractivity contribution in [2.75, 3.05) is 7.11 Å². The summed E-state index contributed by atoms with van der Waals surface area (Å²) in [6.45, 7) is 0. The molecule has 0 amide bonds. The molecule has 0 fully saturated rings. The Hall–Kier alpha value is -4.59. The van der Waals surface area contributed by atoms with E-state index in [4.69, 9.17) is 9.72 Å². The maximum Gasteiger partial charge on any atom is 0.138 e. The normalized spacial score (nSPS) is 11.3. The van der Waals surface area contributed by atoms with Crippen molar-refractivity contribution < 1.29 is 9.13 Å². The van der Waals surface area contributed by atoms with Crippen molar-refractivity contribution >= 4 is 22.1 Å². The number of benzene rings is 1. The predicted molar refractivity (Wildman–Crippen MR) is 124 cm³/mol. The van der Waals surface area contributed by atoms with Gasteiger partial charge in [-0.1, -0.05) is 12.1 Å². The second kappa shape index (κ2) is 7.52. The van der Waals surface area contributed by atoms with E-state index in [2.05, 4.69) is 25.1 Å². The first-order valence-electron chi connectivity index (χ1n) is 10.3. The molecule has 0 radical (unpaired) electrons. The molecule has 0 unspecified atom stereocenters. The van der Waals surface area contributed by atoms with Gasteiger partial charge in [-0.25, -0.2) is 14.4 Å². The van der Waals surface area contributed by atoms with Gasteiger partial charge in [0.15, 0.2) is 0 Å². The van der Waals surface area contributed by atoms with E-state index in [1.807, 2.05) is 30.3 Å². The minimum absolute atomic E-state index is 0.269. The van der Waals surface area contributed by atoms with Crippen LogP contribution in [0, 0.1) is 5.82 Å². The number of ether oxygens (including phenoxy) is 1. The van der Waals surface area contributed by atoms with E-state index in [9.17, 15) is 4.39 Å². The van der Waals surface area contributed by atoms with Crippen LogP contribution in [0.25, 0.3) is 55.8 Å². The number of aromatic nitrogens is 6. The van der Waals surface area contributed by atoms with Crippen molar-refractivity contribution in [1.82, 2.24) is 30.1 Å². The Balaban J connectivity index is 1.48. The lowest BCUT2D eigenvalue weighted by molar-refractivity contribution is 0.413. The number of rotatable bonds is 4. The number of nitrogens with one attached hydrogen (secondary N) is 2. The maximum absolute atomic E-state index is 13.4. The number of nitrogens with zero attached hydrogens (tertiary/aromatic N) is 4. The van der Waals surface area contributed by atoms with Gasteiger partial charge in [-0.05, 0) is 53.6 Å². The summed E-state index contributed by atoms with van der Waals surface area (Å²) < 4.78 is 18.7. The van der Waals surface area contributed by atoms with Crippen LogP contribution in [0.3, 0.4) is 0 Å². The average Bonchev–Trinajstić information content (AvgIpc) is 3.48. The molecule has 0 saturated carbocycles. The van der Waals surface area contributed by atoms with Gasteiger partial charge in [0.2, 0.25) is 0 Å². The Labute approximate surface area is 187 Å². The topological polar surface area (TPSA) is 92.4 Å². The molecule has 5 aromatic heterocycles. The zero-order valence-electron chi connectivity index (χ0n) is 17.5. The minimum Gasteiger partial charge on any atom is -0.495 e. The molecule has 160 valence electrons. The van der Waals surface area contributed by atoms with Gasteiger partial charge in [-0.3, -0.25) is 10.1 Å². The second-order valence-corrected chi connectivity index (χ2v) is 7.59. The van der Waals surface area contributed by atoms with Crippen LogP contribution in [0.5, 0.6) is 5.75 Å². The largest absolute Gasteiger partial charge is 0.495 e. The number of hydrogen-bond donors (Lipinski definition) is 2. The SMILES string of the molecule is COc1cncc(-c2ccc3[nH]nc(-c4cc5c(-c6ccc(F)cc6)ccnc5[nH]4)c3n2)c1. The van der Waals surface area contributed by atoms with E-state index in [0.717, 1.165) is 50.1 Å². The monoisotopic (exact) mass is 436 g/mol. The fraction of sp³-hybridized carbons (Fsp3) is 0.0400. The van der Waals surface area contributed by atoms with Crippen molar-refractivity contribution in [3.63, 3.8) is 0 Å². The summed E-state index contributed by atoms with van der Waals surface area (Å²) in [5, 5.41) is 8.48. The van der Waals surface area contributed by atoms with E-state index >= 15 is 0 Å². The van der Waals surface area contributed by atoms with Gasteiger partial charge >= 0.3 is 0 Å². The summed E-state index contributed by atoms with van der Waals surface area (Å²) in [5.41, 5.74) is 7.21. The van der Waals surface area contributed by atoms with Crippen molar-refractivity contribution in [2.45, 2.75) is 0 Å². The van der Waals surface area contributed by atoms with Gasteiger partial charge in [0.1, 0.15) is 28.4 Å². The number of halogens is 1. The fourth-order valence-corrected chi connectivity index (χ4v) is 3.95. The Bertz CT molecular complexity index is 1620. The Morgan fingerprint density at radius 1 is 0.939 bits per heavy atom. The van der Waals surface area contributed by atoms with Gasteiger partial charge in [0.25, 0.3) is 0 Å². The summed E-state index contributed by atoms with van der Waals surface area (Å²) in [7, 11) is 1.61. The highest BCUT2D eigenvalue weighted by Gasteiger charge is 2.16. The van der Waals surface area contributed by atoms with Gasteiger partial charge < -0.3 is 9.72 Å². The highest BCUT2D eigenvalue weighted by molar-refractivity contribution is 5.99. The second-order valence-electron chi connectivity index (χ2n) is 7.59. The Morgan fingerprint density at radius 2 is 1.82 bits per heavy atom. The van der Waals surface area contributed by atoms with Crippen LogP contribution in [0.2, 0.25) is 0 Å². The minimum atomic E-state index is -0.269. The molecule has 0 aliphatic rings. The maximum atomic E-state index is 13.4. The zero-order valence-corrected chi connectivity index (χ0v) is 17.5. The highest BCUT2D eigenvalue weighted by atomic mass is 19.1. The summed E-state index contributed by atoms with van der Waals surface area (Å²) >= 11 is 0. The molecule has 0 saturated heterocycles. The smallest absolute Gasteiger partial charge is 0.138 e. The van der Waals surface area contributed by atoms with Crippen LogP contribution in [-0.2, 0) is 0 Å². The lowest BCUT2D eigenvalue weighted by atomic mass is 10.0. The summed E-state index contributed by atoms with van der Waals surface area (Å²) in [4.78, 5) is 16.9. The molecule has 0 bridgehead atoms. The lowest BCUT2D eigenvalue weighted by Gasteiger charge is -2.04. The Kier molecular flexibility index (Phi) is 4.36. The molecule has 5 heterocycles. The van der Waals surface area contributed by atoms with Gasteiger partial charge in [0, 0.05) is 23.3 Å². The number of hydrogen-bond acceptors (Lipinski definition) is 5. The first kappa shape index (κ1) is 19.1. The molecular formula is C25H17FN6O. The predicted octanol–water partition coefficient (Wildman–Crippen LogP) is 5.38. The molecule has 7 nitrogen and oxygen atoms in total. The van der Waals surface area contributed by atoms with Crippen molar-refractivity contribution in [2.24, 2.45) is 0 Å². The quantitative estimate of drug-likeness (QED) is 0.387. The van der Waals surface area contributed by atoms with Crippen LogP contribution < -0.4 is 4.74 Å². The number of aromatic amines is 2. The fourth-order valence-electron chi connectivity index (χ4n) is 3.95. The molecule has 0 aliphatic heterocycles. The zero-order chi connectivity index (χ0) is 22.4. The molecule has 0 aliphatic carbocycles. The summed E-state index contributed by atoms with van der Waals surface area (Å²) in [5.74, 6) is 0.395. The van der Waals surface area contributed by atoms with E-state index in [-0.39, 0.29) is 5.82 Å². The van der Waals surface area contributed by atoms with Crippen LogP contribution in [0.15, 0.2) is 73.2 Å². The molecule has 0 atom stereocenters. The third-order valence-corrected chi connectivity index (χ3v) is 5.59. The number of H-pyrrole nitrogens is 2. The lowest BCUT2D eigenvalue weighted by Crippen LogP contribution is -1.89. The number of fused-ring (bicyclic) bond motifs is 2. The van der Waals surface area contributed by atoms with E-state index < -0.39 is 0 Å². The number of pyridine rings is 3. The number of methoxy groups -OCH3 is 1. The van der Waals surface area contributed by atoms with E-state index in [1.54, 1.807) is 37.8 Å². The average molecular weight is 436 g/mol. The Morgan fingerprint density at radius 3 is 2.67 bits per heavy atom. The van der Waals surface area contributed by atoms with Crippen molar-refractivity contribution in [3.8, 4) is 39.5 Å². The molecule has 6 aromatic rings. The van der Waals surface area contributed by atoms with E-state index in [0.29, 0.717) is 11.4 Å². The molecule has 8 heteroatoms. The molecular weight excluding hydrogens is 419 g/mol. The third kappa shape index (κ3) is 3.28. The van der Waals surface area contributed by atoms with Gasteiger partial charge in [-0.15, -0.1) is 0 Å². The van der Waals surface area contributed by atoms with Gasteiger partial charge in [0.05, 0.1) is 30.2 Å². The van der Waals surface area contributed by atoms with Crippen LogP contribution >= 0.6 is 0 Å². The van der Waals surface area contributed by atoms with E-state index in [1.165, 1.54) is 12.1 Å². The first-order chi connectivity index (χ1) is 16.2. The third-order valence-electron chi connectivity index (χ3n) is 5.59. The summed E-state index contributed by atoms with van der Waals surface area (Å²) in [6.07, 6.45) is 5.13. The van der Waals surface area contributed by atoms with Gasteiger partial charge in [-0.2, -0.15) is 5.10 Å². The molecule has 2 N–H and O–H groups in total.